The standard InChI is InChI=1S/C23H28O4S/c1-4-5-6-7-8-9-10-18-15-19(12-11-17(18)2)27-16-20(24)21-13-14-22(28-21)23(25)26-3/h9-15H,4-8,16H2,1-3H3/b10-9+. The van der Waals surface area contributed by atoms with Crippen molar-refractivity contribution in [3.8, 4) is 5.75 Å². The van der Waals surface area contributed by atoms with E-state index in [1.807, 2.05) is 18.2 Å². The molecule has 0 aliphatic heterocycles. The number of thiophene rings is 1. The molecule has 1 aromatic heterocycles. The summed E-state index contributed by atoms with van der Waals surface area (Å²) in [6.07, 6.45) is 10.4. The first-order valence-corrected chi connectivity index (χ1v) is 10.5. The van der Waals surface area contributed by atoms with Crippen molar-refractivity contribution in [1.82, 2.24) is 0 Å². The highest BCUT2D eigenvalue weighted by Gasteiger charge is 2.14. The normalized spacial score (nSPS) is 11.0. The van der Waals surface area contributed by atoms with Crippen LogP contribution in [-0.4, -0.2) is 25.5 Å². The van der Waals surface area contributed by atoms with Gasteiger partial charge in [0.2, 0.25) is 5.78 Å². The lowest BCUT2D eigenvalue weighted by Gasteiger charge is -2.08. The SMILES string of the molecule is CCCCCC/C=C/c1cc(OCC(=O)c2ccc(C(=O)OC)s2)ccc1C. The summed E-state index contributed by atoms with van der Waals surface area (Å²) in [5.74, 6) is 0.0673. The van der Waals surface area contributed by atoms with Crippen molar-refractivity contribution in [2.45, 2.75) is 46.0 Å². The molecule has 0 bridgehead atoms. The molecule has 0 fully saturated rings. The largest absolute Gasteiger partial charge is 0.485 e. The lowest BCUT2D eigenvalue weighted by Crippen LogP contribution is -2.10. The predicted molar refractivity (Wildman–Crippen MR) is 114 cm³/mol. The lowest BCUT2D eigenvalue weighted by atomic mass is 10.1. The summed E-state index contributed by atoms with van der Waals surface area (Å²) in [5, 5.41) is 0. The van der Waals surface area contributed by atoms with Gasteiger partial charge in [0, 0.05) is 0 Å². The van der Waals surface area contributed by atoms with Crippen LogP contribution in [0.1, 0.15) is 69.5 Å². The van der Waals surface area contributed by atoms with Crippen LogP contribution in [-0.2, 0) is 4.74 Å². The van der Waals surface area contributed by atoms with Crippen molar-refractivity contribution in [3.63, 3.8) is 0 Å². The molecule has 0 amide bonds. The van der Waals surface area contributed by atoms with Crippen LogP contribution in [0, 0.1) is 6.92 Å². The van der Waals surface area contributed by atoms with Crippen LogP contribution in [0.5, 0.6) is 5.75 Å². The van der Waals surface area contributed by atoms with Crippen LogP contribution < -0.4 is 4.74 Å². The molecule has 0 radical (unpaired) electrons. The number of esters is 1. The Morgan fingerprint density at radius 1 is 1.07 bits per heavy atom. The molecule has 0 atom stereocenters. The Kier molecular flexibility index (Phi) is 8.95. The fourth-order valence-electron chi connectivity index (χ4n) is 2.71. The van der Waals surface area contributed by atoms with E-state index in [2.05, 4.69) is 30.7 Å². The zero-order chi connectivity index (χ0) is 20.4. The molecule has 0 unspecified atom stereocenters. The molecule has 0 saturated heterocycles. The average molecular weight is 401 g/mol. The monoisotopic (exact) mass is 400 g/mol. The van der Waals surface area contributed by atoms with Gasteiger partial charge in [0.15, 0.2) is 6.61 Å². The highest BCUT2D eigenvalue weighted by atomic mass is 32.1. The Labute approximate surface area is 171 Å². The van der Waals surface area contributed by atoms with E-state index in [1.165, 1.54) is 38.4 Å². The van der Waals surface area contributed by atoms with Crippen molar-refractivity contribution in [3.05, 3.63) is 57.3 Å². The highest BCUT2D eigenvalue weighted by molar-refractivity contribution is 7.15. The average Bonchev–Trinajstić information content (AvgIpc) is 3.20. The van der Waals surface area contributed by atoms with Gasteiger partial charge >= 0.3 is 5.97 Å². The number of allylic oxidation sites excluding steroid dienone is 1. The van der Waals surface area contributed by atoms with Gasteiger partial charge < -0.3 is 9.47 Å². The molecular formula is C23H28O4S. The van der Waals surface area contributed by atoms with Gasteiger partial charge in [0.1, 0.15) is 10.6 Å². The second-order valence-corrected chi connectivity index (χ2v) is 7.72. The van der Waals surface area contributed by atoms with Gasteiger partial charge in [-0.05, 0) is 55.2 Å². The molecule has 1 aromatic carbocycles. The molecule has 28 heavy (non-hydrogen) atoms. The maximum absolute atomic E-state index is 12.3. The van der Waals surface area contributed by atoms with Gasteiger partial charge in [-0.3, -0.25) is 4.79 Å². The number of Topliss-reactive ketones (excluding diaryl/α,β-unsaturated/α-hetero) is 1. The molecule has 150 valence electrons. The number of hydrogen-bond acceptors (Lipinski definition) is 5. The molecule has 0 N–H and O–H groups in total. The molecule has 5 heteroatoms. The van der Waals surface area contributed by atoms with E-state index in [-0.39, 0.29) is 12.4 Å². The number of ether oxygens (including phenoxy) is 2. The van der Waals surface area contributed by atoms with Crippen LogP contribution in [0.2, 0.25) is 0 Å². The summed E-state index contributed by atoms with van der Waals surface area (Å²) in [4.78, 5) is 24.7. The maximum Gasteiger partial charge on any atom is 0.348 e. The summed E-state index contributed by atoms with van der Waals surface area (Å²) in [5.41, 5.74) is 2.27. The van der Waals surface area contributed by atoms with Crippen LogP contribution in [0.25, 0.3) is 6.08 Å². The molecule has 4 nitrogen and oxygen atoms in total. The van der Waals surface area contributed by atoms with Crippen molar-refractivity contribution in [1.29, 1.82) is 0 Å². The topological polar surface area (TPSA) is 52.6 Å². The van der Waals surface area contributed by atoms with E-state index in [1.54, 1.807) is 12.1 Å². The Bertz CT molecular complexity index is 820. The third-order valence-electron chi connectivity index (χ3n) is 4.41. The smallest absolute Gasteiger partial charge is 0.348 e. The second kappa shape index (κ2) is 11.4. The van der Waals surface area contributed by atoms with Crippen LogP contribution in [0.3, 0.4) is 0 Å². The maximum atomic E-state index is 12.3. The third-order valence-corrected chi connectivity index (χ3v) is 5.52. The molecule has 2 aromatic rings. The first-order valence-electron chi connectivity index (χ1n) is 9.66. The molecule has 0 aliphatic carbocycles. The van der Waals surface area contributed by atoms with Crippen molar-refractivity contribution >= 4 is 29.2 Å². The number of unbranched alkanes of at least 4 members (excludes halogenated alkanes) is 4. The van der Waals surface area contributed by atoms with E-state index in [4.69, 9.17) is 4.74 Å². The fraction of sp³-hybridized carbons (Fsp3) is 0.391. The summed E-state index contributed by atoms with van der Waals surface area (Å²) in [7, 11) is 1.32. The lowest BCUT2D eigenvalue weighted by molar-refractivity contribution is 0.0606. The van der Waals surface area contributed by atoms with Gasteiger partial charge in [0.25, 0.3) is 0 Å². The number of benzene rings is 1. The van der Waals surface area contributed by atoms with E-state index >= 15 is 0 Å². The van der Waals surface area contributed by atoms with Crippen molar-refractivity contribution < 1.29 is 19.1 Å². The van der Waals surface area contributed by atoms with E-state index in [9.17, 15) is 9.59 Å². The minimum absolute atomic E-state index is 0.0651. The number of ketones is 1. The quantitative estimate of drug-likeness (QED) is 0.260. The number of carbonyl (C=O) groups is 2. The van der Waals surface area contributed by atoms with Gasteiger partial charge in [-0.2, -0.15) is 0 Å². The molecule has 0 saturated carbocycles. The number of aryl methyl sites for hydroxylation is 1. The molecule has 2 rings (SSSR count). The molecule has 0 aliphatic rings. The molecule has 1 heterocycles. The zero-order valence-electron chi connectivity index (χ0n) is 16.8. The van der Waals surface area contributed by atoms with Crippen LogP contribution in [0.15, 0.2) is 36.4 Å². The number of methoxy groups -OCH3 is 1. The van der Waals surface area contributed by atoms with Crippen LogP contribution >= 0.6 is 11.3 Å². The fourth-order valence-corrected chi connectivity index (χ4v) is 3.55. The minimum atomic E-state index is -0.436. The number of carbonyl (C=O) groups excluding carboxylic acids is 2. The van der Waals surface area contributed by atoms with E-state index in [0.717, 1.165) is 23.3 Å². The third kappa shape index (κ3) is 6.64. The van der Waals surface area contributed by atoms with Crippen molar-refractivity contribution in [2.75, 3.05) is 13.7 Å². The van der Waals surface area contributed by atoms with Gasteiger partial charge in [-0.25, -0.2) is 4.79 Å². The first-order chi connectivity index (χ1) is 13.5. The Morgan fingerprint density at radius 3 is 2.61 bits per heavy atom. The predicted octanol–water partition coefficient (Wildman–Crippen LogP) is 6.09. The summed E-state index contributed by atoms with van der Waals surface area (Å²) in [6, 6.07) is 9.05. The Morgan fingerprint density at radius 2 is 1.86 bits per heavy atom. The Hall–Kier alpha value is -2.40. The van der Waals surface area contributed by atoms with Crippen molar-refractivity contribution in [2.24, 2.45) is 0 Å². The molecule has 0 spiro atoms. The first kappa shape index (κ1) is 21.9. The highest BCUT2D eigenvalue weighted by Crippen LogP contribution is 2.21. The summed E-state index contributed by atoms with van der Waals surface area (Å²) >= 11 is 1.12. The summed E-state index contributed by atoms with van der Waals surface area (Å²) < 4.78 is 10.3. The van der Waals surface area contributed by atoms with Gasteiger partial charge in [-0.1, -0.05) is 44.4 Å². The summed E-state index contributed by atoms with van der Waals surface area (Å²) in [6.45, 7) is 4.21. The zero-order valence-corrected chi connectivity index (χ0v) is 17.6. The van der Waals surface area contributed by atoms with E-state index in [0.29, 0.717) is 15.5 Å². The number of hydrogen-bond donors (Lipinski definition) is 0. The van der Waals surface area contributed by atoms with Gasteiger partial charge in [0.05, 0.1) is 12.0 Å². The molecular weight excluding hydrogens is 372 g/mol. The Balaban J connectivity index is 1.91. The van der Waals surface area contributed by atoms with E-state index < -0.39 is 5.97 Å². The van der Waals surface area contributed by atoms with Crippen LogP contribution in [0.4, 0.5) is 0 Å². The van der Waals surface area contributed by atoms with Gasteiger partial charge in [-0.15, -0.1) is 11.3 Å². The second-order valence-electron chi connectivity index (χ2n) is 6.64. The minimum Gasteiger partial charge on any atom is -0.485 e. The number of rotatable bonds is 11.